The van der Waals surface area contributed by atoms with Crippen molar-refractivity contribution in [1.29, 1.82) is 0 Å². The lowest BCUT2D eigenvalue weighted by Gasteiger charge is -2.26. The standard InChI is InChI=1S/C21H14ClN3O5S/c22-16-6-1-2-7-17(16)25(31(28)29)18-12-14(10-11-23-18)24-21(27)15-5-3-4-13-8-9-19(26)30-20(13)15/h1-12H,(H,28,29)(H,23,24,27)/p-1. The van der Waals surface area contributed by atoms with Crippen molar-refractivity contribution < 1.29 is 18.0 Å². The van der Waals surface area contributed by atoms with E-state index in [1.807, 2.05) is 0 Å². The molecule has 0 bridgehead atoms. The van der Waals surface area contributed by atoms with Crippen molar-refractivity contribution in [3.8, 4) is 0 Å². The second-order valence-corrected chi connectivity index (χ2v) is 7.50. The van der Waals surface area contributed by atoms with Gasteiger partial charge in [-0.2, -0.15) is 0 Å². The van der Waals surface area contributed by atoms with Crippen LogP contribution in [0, 0.1) is 0 Å². The van der Waals surface area contributed by atoms with Gasteiger partial charge in [0.25, 0.3) is 5.91 Å². The Morgan fingerprint density at radius 3 is 2.68 bits per heavy atom. The first-order valence-corrected chi connectivity index (χ1v) is 10.3. The van der Waals surface area contributed by atoms with E-state index in [0.29, 0.717) is 5.39 Å². The van der Waals surface area contributed by atoms with Crippen LogP contribution in [0.25, 0.3) is 11.0 Å². The number of amides is 1. The molecule has 1 N–H and O–H groups in total. The van der Waals surface area contributed by atoms with Crippen LogP contribution >= 0.6 is 11.6 Å². The van der Waals surface area contributed by atoms with Gasteiger partial charge in [0.05, 0.1) is 27.5 Å². The molecule has 1 amide bonds. The van der Waals surface area contributed by atoms with Crippen molar-refractivity contribution in [2.24, 2.45) is 0 Å². The number of carbonyl (C=O) groups excluding carboxylic acids is 1. The molecule has 0 fully saturated rings. The van der Waals surface area contributed by atoms with E-state index in [1.54, 1.807) is 36.4 Å². The quantitative estimate of drug-likeness (QED) is 0.359. The highest BCUT2D eigenvalue weighted by Crippen LogP contribution is 2.32. The second kappa shape index (κ2) is 8.68. The van der Waals surface area contributed by atoms with Crippen LogP contribution in [-0.2, 0) is 11.3 Å². The summed E-state index contributed by atoms with van der Waals surface area (Å²) < 4.78 is 29.9. The molecule has 4 rings (SSSR count). The van der Waals surface area contributed by atoms with Crippen LogP contribution in [0.2, 0.25) is 5.02 Å². The van der Waals surface area contributed by atoms with E-state index in [9.17, 15) is 18.4 Å². The highest BCUT2D eigenvalue weighted by Gasteiger charge is 2.17. The number of hydrogen-bond acceptors (Lipinski definition) is 6. The van der Waals surface area contributed by atoms with E-state index in [4.69, 9.17) is 16.0 Å². The molecule has 1 atom stereocenters. The maximum Gasteiger partial charge on any atom is 0.336 e. The van der Waals surface area contributed by atoms with E-state index < -0.39 is 22.8 Å². The average molecular weight is 455 g/mol. The van der Waals surface area contributed by atoms with Gasteiger partial charge in [-0.3, -0.25) is 13.3 Å². The second-order valence-electron chi connectivity index (χ2n) is 6.30. The summed E-state index contributed by atoms with van der Waals surface area (Å²) in [6.07, 6.45) is 1.35. The number of carbonyl (C=O) groups is 1. The zero-order valence-corrected chi connectivity index (χ0v) is 17.2. The van der Waals surface area contributed by atoms with Crippen LogP contribution in [-0.4, -0.2) is 19.7 Å². The molecule has 0 radical (unpaired) electrons. The van der Waals surface area contributed by atoms with Crippen LogP contribution in [0.5, 0.6) is 0 Å². The zero-order chi connectivity index (χ0) is 22.0. The Kier molecular flexibility index (Phi) is 5.81. The minimum atomic E-state index is -2.72. The molecule has 2 aromatic carbocycles. The van der Waals surface area contributed by atoms with Gasteiger partial charge in [-0.15, -0.1) is 0 Å². The summed E-state index contributed by atoms with van der Waals surface area (Å²) in [5.74, 6) is -0.506. The number of fused-ring (bicyclic) bond motifs is 1. The van der Waals surface area contributed by atoms with Gasteiger partial charge in [0.1, 0.15) is 5.82 Å². The minimum absolute atomic E-state index is 0.0312. The molecule has 0 aliphatic rings. The topological polar surface area (TPSA) is 116 Å². The molecule has 2 aromatic heterocycles. The Labute approximate surface area is 183 Å². The Morgan fingerprint density at radius 2 is 1.90 bits per heavy atom. The summed E-state index contributed by atoms with van der Waals surface area (Å²) in [7, 11) is 0. The number of para-hydroxylation sites is 2. The number of nitrogens with one attached hydrogen (secondary N) is 1. The van der Waals surface area contributed by atoms with Crippen molar-refractivity contribution in [1.82, 2.24) is 4.98 Å². The van der Waals surface area contributed by atoms with Crippen LogP contribution in [0.1, 0.15) is 10.4 Å². The predicted molar refractivity (Wildman–Crippen MR) is 117 cm³/mol. The molecule has 2 heterocycles. The minimum Gasteiger partial charge on any atom is -0.755 e. The average Bonchev–Trinajstić information content (AvgIpc) is 2.75. The first-order chi connectivity index (χ1) is 14.9. The molecule has 0 saturated heterocycles. The SMILES string of the molecule is O=C(Nc1ccnc(N(c2ccccc2Cl)S(=O)[O-])c1)c1cccc2ccc(=O)oc12. The third-order valence-corrected chi connectivity index (χ3v) is 5.33. The van der Waals surface area contributed by atoms with E-state index in [-0.39, 0.29) is 33.4 Å². The molecule has 0 aliphatic heterocycles. The van der Waals surface area contributed by atoms with Gasteiger partial charge in [0.15, 0.2) is 5.58 Å². The van der Waals surface area contributed by atoms with Gasteiger partial charge < -0.3 is 14.3 Å². The highest BCUT2D eigenvalue weighted by molar-refractivity contribution is 7.81. The fourth-order valence-electron chi connectivity index (χ4n) is 2.97. The lowest BCUT2D eigenvalue weighted by atomic mass is 10.1. The molecule has 0 saturated carbocycles. The summed E-state index contributed by atoms with van der Waals surface area (Å²) >= 11 is 3.42. The van der Waals surface area contributed by atoms with Crippen molar-refractivity contribution in [2.45, 2.75) is 0 Å². The van der Waals surface area contributed by atoms with Gasteiger partial charge in [-0.1, -0.05) is 35.9 Å². The Bertz CT molecular complexity index is 1370. The number of benzene rings is 2. The molecule has 10 heteroatoms. The monoisotopic (exact) mass is 454 g/mol. The molecule has 0 spiro atoms. The number of halogens is 1. The number of hydrogen-bond donors (Lipinski definition) is 1. The van der Waals surface area contributed by atoms with Crippen LogP contribution in [0.3, 0.4) is 0 Å². The summed E-state index contributed by atoms with van der Waals surface area (Å²) in [6.45, 7) is 0. The maximum absolute atomic E-state index is 12.8. The predicted octanol–water partition coefficient (Wildman–Crippen LogP) is 4.03. The summed E-state index contributed by atoms with van der Waals surface area (Å²) in [4.78, 5) is 28.5. The fourth-order valence-corrected chi connectivity index (χ4v) is 3.82. The van der Waals surface area contributed by atoms with Crippen molar-refractivity contribution in [3.05, 3.63) is 93.9 Å². The third-order valence-electron chi connectivity index (χ3n) is 4.32. The number of anilines is 3. The zero-order valence-electron chi connectivity index (χ0n) is 15.7. The number of pyridine rings is 1. The number of nitrogens with zero attached hydrogens (tertiary/aromatic N) is 2. The van der Waals surface area contributed by atoms with Gasteiger partial charge in [0, 0.05) is 29.4 Å². The molecule has 4 aromatic rings. The molecular formula is C21H13ClN3O5S-. The van der Waals surface area contributed by atoms with Crippen molar-refractivity contribution in [3.63, 3.8) is 0 Å². The lowest BCUT2D eigenvalue weighted by molar-refractivity contribution is 0.102. The van der Waals surface area contributed by atoms with Crippen molar-refractivity contribution >= 4 is 56.9 Å². The molecule has 8 nitrogen and oxygen atoms in total. The smallest absolute Gasteiger partial charge is 0.336 e. The third kappa shape index (κ3) is 4.33. The summed E-state index contributed by atoms with van der Waals surface area (Å²) in [6, 6.07) is 17.0. The lowest BCUT2D eigenvalue weighted by Crippen LogP contribution is -2.21. The first kappa shape index (κ1) is 20.7. The van der Waals surface area contributed by atoms with Crippen LogP contribution < -0.4 is 15.2 Å². The number of aromatic nitrogens is 1. The summed E-state index contributed by atoms with van der Waals surface area (Å²) in [5.41, 5.74) is 0.230. The Morgan fingerprint density at radius 1 is 1.10 bits per heavy atom. The van der Waals surface area contributed by atoms with E-state index in [2.05, 4.69) is 10.3 Å². The van der Waals surface area contributed by atoms with Gasteiger partial charge in [0.2, 0.25) is 0 Å². The van der Waals surface area contributed by atoms with Crippen LogP contribution in [0.4, 0.5) is 17.2 Å². The van der Waals surface area contributed by atoms with Crippen LogP contribution in [0.15, 0.2) is 82.1 Å². The van der Waals surface area contributed by atoms with Crippen molar-refractivity contribution in [2.75, 3.05) is 9.62 Å². The first-order valence-electron chi connectivity index (χ1n) is 8.88. The molecule has 0 aliphatic carbocycles. The largest absolute Gasteiger partial charge is 0.755 e. The van der Waals surface area contributed by atoms with E-state index in [1.165, 1.54) is 36.5 Å². The van der Waals surface area contributed by atoms with Gasteiger partial charge >= 0.3 is 5.63 Å². The van der Waals surface area contributed by atoms with E-state index in [0.717, 1.165) is 4.31 Å². The van der Waals surface area contributed by atoms with Gasteiger partial charge in [-0.05, 0) is 30.3 Å². The Hall–Kier alpha value is -3.53. The summed E-state index contributed by atoms with van der Waals surface area (Å²) in [5, 5.41) is 3.48. The number of rotatable bonds is 5. The van der Waals surface area contributed by atoms with Gasteiger partial charge in [-0.25, -0.2) is 9.78 Å². The fraction of sp³-hybridized carbons (Fsp3) is 0. The maximum atomic E-state index is 12.8. The normalized spacial score (nSPS) is 11.8. The molecule has 1 unspecified atom stereocenters. The molecule has 156 valence electrons. The van der Waals surface area contributed by atoms with E-state index >= 15 is 0 Å². The Balaban J connectivity index is 1.69. The molecular weight excluding hydrogens is 442 g/mol. The molecule has 31 heavy (non-hydrogen) atoms. The highest BCUT2D eigenvalue weighted by atomic mass is 35.5.